The van der Waals surface area contributed by atoms with Gasteiger partial charge in [0, 0.05) is 12.8 Å². The quantitative estimate of drug-likeness (QED) is 0.736. The molecule has 4 aliphatic carbocycles. The van der Waals surface area contributed by atoms with Crippen molar-refractivity contribution in [3.63, 3.8) is 0 Å². The molecule has 0 aromatic rings. The Labute approximate surface area is 128 Å². The summed E-state index contributed by atoms with van der Waals surface area (Å²) in [4.78, 5) is 11.8. The molecule has 21 heavy (non-hydrogen) atoms. The van der Waals surface area contributed by atoms with E-state index in [1.54, 1.807) is 0 Å². The normalized spacial score (nSPS) is 56.5. The van der Waals surface area contributed by atoms with Crippen molar-refractivity contribution in [2.24, 2.45) is 40.9 Å². The highest BCUT2D eigenvalue weighted by atomic mass is 16.3. The summed E-state index contributed by atoms with van der Waals surface area (Å²) in [7, 11) is 0. The molecule has 0 bridgehead atoms. The van der Waals surface area contributed by atoms with Gasteiger partial charge in [0.2, 0.25) is 0 Å². The largest absolute Gasteiger partial charge is 0.393 e. The lowest BCUT2D eigenvalue weighted by molar-refractivity contribution is -0.132. The van der Waals surface area contributed by atoms with Crippen LogP contribution in [0.1, 0.15) is 65.2 Å². The average Bonchev–Trinajstić information content (AvgIpc) is 2.74. The second kappa shape index (κ2) is 4.81. The van der Waals surface area contributed by atoms with Crippen molar-refractivity contribution >= 4 is 5.78 Å². The predicted molar refractivity (Wildman–Crippen MR) is 82.7 cm³/mol. The molecule has 2 nitrogen and oxygen atoms in total. The SMILES string of the molecule is CC1CC2CC(=O)CC[C@@H]2[C@H]2CC[C@]3(C)[C@@H](O)CC[C@H]3[C@H]12. The minimum Gasteiger partial charge on any atom is -0.393 e. The van der Waals surface area contributed by atoms with Gasteiger partial charge in [-0.25, -0.2) is 0 Å². The lowest BCUT2D eigenvalue weighted by Crippen LogP contribution is -2.52. The Morgan fingerprint density at radius 3 is 2.76 bits per heavy atom. The van der Waals surface area contributed by atoms with E-state index in [4.69, 9.17) is 0 Å². The van der Waals surface area contributed by atoms with Crippen LogP contribution < -0.4 is 0 Å². The minimum absolute atomic E-state index is 0.0682. The first-order valence-electron chi connectivity index (χ1n) is 9.20. The molecule has 4 aliphatic rings. The Kier molecular flexibility index (Phi) is 3.26. The highest BCUT2D eigenvalue weighted by Crippen LogP contribution is 2.63. The monoisotopic (exact) mass is 290 g/mol. The molecular formula is C19H30O2. The summed E-state index contributed by atoms with van der Waals surface area (Å²) >= 11 is 0. The molecule has 0 aliphatic heterocycles. The van der Waals surface area contributed by atoms with Crippen LogP contribution in [0.25, 0.3) is 0 Å². The highest BCUT2D eigenvalue weighted by molar-refractivity contribution is 5.79. The third kappa shape index (κ3) is 1.97. The predicted octanol–water partition coefficient (Wildman–Crippen LogP) is 3.82. The van der Waals surface area contributed by atoms with E-state index >= 15 is 0 Å². The molecule has 0 spiro atoms. The van der Waals surface area contributed by atoms with E-state index in [-0.39, 0.29) is 11.5 Å². The Balaban J connectivity index is 1.63. The molecule has 0 amide bonds. The average molecular weight is 290 g/mol. The number of ketones is 1. The van der Waals surface area contributed by atoms with Crippen LogP contribution >= 0.6 is 0 Å². The maximum Gasteiger partial charge on any atom is 0.133 e. The molecule has 0 saturated heterocycles. The van der Waals surface area contributed by atoms with Crippen molar-refractivity contribution in [2.75, 3.05) is 0 Å². The smallest absolute Gasteiger partial charge is 0.133 e. The highest BCUT2D eigenvalue weighted by Gasteiger charge is 2.58. The van der Waals surface area contributed by atoms with E-state index in [2.05, 4.69) is 13.8 Å². The Morgan fingerprint density at radius 2 is 1.95 bits per heavy atom. The number of aliphatic hydroxyl groups is 1. The summed E-state index contributed by atoms with van der Waals surface area (Å²) in [6.07, 6.45) is 8.82. The fraction of sp³-hybridized carbons (Fsp3) is 0.947. The summed E-state index contributed by atoms with van der Waals surface area (Å²) < 4.78 is 0. The van der Waals surface area contributed by atoms with Crippen LogP contribution in [0.5, 0.6) is 0 Å². The summed E-state index contributed by atoms with van der Waals surface area (Å²) in [6.45, 7) is 4.79. The zero-order valence-corrected chi connectivity index (χ0v) is 13.6. The van der Waals surface area contributed by atoms with Gasteiger partial charge in [-0.2, -0.15) is 0 Å². The van der Waals surface area contributed by atoms with Gasteiger partial charge in [-0.1, -0.05) is 13.8 Å². The Hall–Kier alpha value is -0.370. The molecule has 4 saturated carbocycles. The fourth-order valence-electron chi connectivity index (χ4n) is 7.08. The molecule has 4 rings (SSSR count). The zero-order chi connectivity index (χ0) is 14.8. The van der Waals surface area contributed by atoms with Crippen molar-refractivity contribution in [1.29, 1.82) is 0 Å². The van der Waals surface area contributed by atoms with Crippen LogP contribution in [0, 0.1) is 40.9 Å². The zero-order valence-electron chi connectivity index (χ0n) is 13.6. The minimum atomic E-state index is -0.0682. The van der Waals surface area contributed by atoms with Crippen molar-refractivity contribution < 1.29 is 9.90 Å². The second-order valence-corrected chi connectivity index (χ2v) is 8.90. The van der Waals surface area contributed by atoms with E-state index in [9.17, 15) is 9.90 Å². The van der Waals surface area contributed by atoms with Gasteiger partial charge in [0.05, 0.1) is 6.10 Å². The van der Waals surface area contributed by atoms with E-state index in [1.807, 2.05) is 0 Å². The molecule has 4 fully saturated rings. The van der Waals surface area contributed by atoms with Crippen LogP contribution in [0.4, 0.5) is 0 Å². The summed E-state index contributed by atoms with van der Waals surface area (Å²) in [5.74, 6) is 5.14. The number of carbonyl (C=O) groups excluding carboxylic acids is 1. The van der Waals surface area contributed by atoms with Crippen molar-refractivity contribution in [2.45, 2.75) is 71.3 Å². The maximum atomic E-state index is 11.8. The molecular weight excluding hydrogens is 260 g/mol. The third-order valence-electron chi connectivity index (χ3n) is 8.07. The third-order valence-corrected chi connectivity index (χ3v) is 8.07. The first kappa shape index (κ1) is 14.2. The topological polar surface area (TPSA) is 37.3 Å². The van der Waals surface area contributed by atoms with Gasteiger partial charge < -0.3 is 5.11 Å². The molecule has 0 aromatic heterocycles. The first-order chi connectivity index (χ1) is 10.0. The number of hydrogen-bond donors (Lipinski definition) is 1. The van der Waals surface area contributed by atoms with Crippen molar-refractivity contribution in [3.05, 3.63) is 0 Å². The fourth-order valence-corrected chi connectivity index (χ4v) is 7.08. The van der Waals surface area contributed by atoms with Gasteiger partial charge in [0.25, 0.3) is 0 Å². The molecule has 118 valence electrons. The van der Waals surface area contributed by atoms with Gasteiger partial charge in [-0.3, -0.25) is 4.79 Å². The lowest BCUT2D eigenvalue weighted by Gasteiger charge is -2.57. The van der Waals surface area contributed by atoms with Gasteiger partial charge in [-0.15, -0.1) is 0 Å². The number of fused-ring (bicyclic) bond motifs is 5. The van der Waals surface area contributed by atoms with Gasteiger partial charge in [0.15, 0.2) is 0 Å². The number of carbonyl (C=O) groups is 1. The van der Waals surface area contributed by atoms with Gasteiger partial charge in [-0.05, 0) is 79.4 Å². The van der Waals surface area contributed by atoms with E-state index in [0.717, 1.165) is 55.3 Å². The van der Waals surface area contributed by atoms with E-state index < -0.39 is 0 Å². The molecule has 2 heteroatoms. The summed E-state index contributed by atoms with van der Waals surface area (Å²) in [5.41, 5.74) is 0.187. The van der Waals surface area contributed by atoms with Gasteiger partial charge >= 0.3 is 0 Å². The molecule has 8 atom stereocenters. The molecule has 0 heterocycles. The number of Topliss-reactive ketones (excluding diaryl/α,β-unsaturated/α-hetero) is 1. The Bertz CT molecular complexity index is 445. The molecule has 0 aromatic carbocycles. The summed E-state index contributed by atoms with van der Waals surface area (Å²) in [5, 5.41) is 10.5. The summed E-state index contributed by atoms with van der Waals surface area (Å²) in [6, 6.07) is 0. The first-order valence-corrected chi connectivity index (χ1v) is 9.20. The maximum absolute atomic E-state index is 11.8. The van der Waals surface area contributed by atoms with Crippen LogP contribution in [0.15, 0.2) is 0 Å². The van der Waals surface area contributed by atoms with Crippen molar-refractivity contribution in [1.82, 2.24) is 0 Å². The van der Waals surface area contributed by atoms with Crippen LogP contribution in [-0.4, -0.2) is 17.0 Å². The molecule has 0 radical (unpaired) electrons. The van der Waals surface area contributed by atoms with Gasteiger partial charge in [0.1, 0.15) is 5.78 Å². The van der Waals surface area contributed by atoms with Crippen LogP contribution in [-0.2, 0) is 4.79 Å². The standard InChI is InChI=1S/C19H30O2/c1-11-9-12-10-13(20)3-4-14(12)15-7-8-19(2)16(18(11)15)5-6-17(19)21/h11-12,14-18,21H,3-10H2,1-2H3/t11?,12?,14-,15+,16-,17-,18+,19-/m0/s1. The number of rotatable bonds is 0. The number of aliphatic hydroxyl groups excluding tert-OH is 1. The lowest BCUT2D eigenvalue weighted by atomic mass is 9.48. The second-order valence-electron chi connectivity index (χ2n) is 8.90. The Morgan fingerprint density at radius 1 is 1.14 bits per heavy atom. The van der Waals surface area contributed by atoms with Crippen LogP contribution in [0.3, 0.4) is 0 Å². The molecule has 2 unspecified atom stereocenters. The van der Waals surface area contributed by atoms with Crippen LogP contribution in [0.2, 0.25) is 0 Å². The van der Waals surface area contributed by atoms with Crippen molar-refractivity contribution in [3.8, 4) is 0 Å². The van der Waals surface area contributed by atoms with E-state index in [1.165, 1.54) is 25.7 Å². The number of hydrogen-bond acceptors (Lipinski definition) is 2. The molecule has 1 N–H and O–H groups in total. The van der Waals surface area contributed by atoms with E-state index in [0.29, 0.717) is 11.7 Å².